The molecule has 0 unspecified atom stereocenters. The van der Waals surface area contributed by atoms with Crippen LogP contribution >= 0.6 is 39.1 Å². The molecule has 0 amide bonds. The van der Waals surface area contributed by atoms with E-state index >= 15 is 0 Å². The van der Waals surface area contributed by atoms with Gasteiger partial charge in [-0.25, -0.2) is 4.39 Å². The molecule has 0 radical (unpaired) electrons. The highest BCUT2D eigenvalue weighted by atomic mass is 79.9. The van der Waals surface area contributed by atoms with Gasteiger partial charge in [0.15, 0.2) is 11.5 Å². The van der Waals surface area contributed by atoms with E-state index < -0.39 is 5.82 Å². The van der Waals surface area contributed by atoms with Crippen molar-refractivity contribution in [2.75, 3.05) is 7.11 Å². The molecule has 1 N–H and O–H groups in total. The average Bonchev–Trinajstić information content (AvgIpc) is 2.70. The van der Waals surface area contributed by atoms with Crippen LogP contribution in [0.4, 0.5) is 4.39 Å². The lowest BCUT2D eigenvalue weighted by Gasteiger charge is -2.16. The second kappa shape index (κ2) is 10.3. The first-order valence-corrected chi connectivity index (χ1v) is 10.4. The van der Waals surface area contributed by atoms with Crippen LogP contribution in [0.1, 0.15) is 16.7 Å². The van der Waals surface area contributed by atoms with Gasteiger partial charge in [-0.15, -0.1) is 0 Å². The highest BCUT2D eigenvalue weighted by Gasteiger charge is 2.14. The topological polar surface area (TPSA) is 30.5 Å². The first kappa shape index (κ1) is 21.9. The van der Waals surface area contributed by atoms with Crippen molar-refractivity contribution in [2.24, 2.45) is 0 Å². The van der Waals surface area contributed by atoms with Crippen molar-refractivity contribution in [3.8, 4) is 11.5 Å². The Balaban J connectivity index is 1.69. The second-order valence-electron chi connectivity index (χ2n) is 6.29. The summed E-state index contributed by atoms with van der Waals surface area (Å²) in [5.74, 6) is 0.621. The fourth-order valence-electron chi connectivity index (χ4n) is 2.81. The van der Waals surface area contributed by atoms with Gasteiger partial charge in [-0.05, 0) is 57.4 Å². The van der Waals surface area contributed by atoms with Crippen molar-refractivity contribution < 1.29 is 13.9 Å². The summed E-state index contributed by atoms with van der Waals surface area (Å²) in [5, 5.41) is 4.41. The van der Waals surface area contributed by atoms with Crippen molar-refractivity contribution in [1.82, 2.24) is 5.32 Å². The summed E-state index contributed by atoms with van der Waals surface area (Å²) in [4.78, 5) is 0. The van der Waals surface area contributed by atoms with Gasteiger partial charge in [-0.3, -0.25) is 0 Å². The predicted octanol–water partition coefficient (Wildman–Crippen LogP) is 6.77. The van der Waals surface area contributed by atoms with Crippen molar-refractivity contribution in [3.05, 3.63) is 91.6 Å². The molecule has 0 saturated heterocycles. The van der Waals surface area contributed by atoms with Crippen molar-refractivity contribution >= 4 is 39.1 Å². The minimum Gasteiger partial charge on any atom is -0.493 e. The number of ether oxygens (including phenoxy) is 2. The van der Waals surface area contributed by atoms with E-state index in [1.54, 1.807) is 19.2 Å². The van der Waals surface area contributed by atoms with Gasteiger partial charge in [-0.2, -0.15) is 0 Å². The van der Waals surface area contributed by atoms with Crippen LogP contribution in [0.5, 0.6) is 11.5 Å². The summed E-state index contributed by atoms with van der Waals surface area (Å²) < 4.78 is 26.0. The first-order valence-electron chi connectivity index (χ1n) is 8.85. The third-order valence-corrected chi connectivity index (χ3v) is 5.63. The van der Waals surface area contributed by atoms with Crippen molar-refractivity contribution in [3.63, 3.8) is 0 Å². The zero-order chi connectivity index (χ0) is 20.8. The molecule has 152 valence electrons. The van der Waals surface area contributed by atoms with Gasteiger partial charge in [0.1, 0.15) is 12.4 Å². The Hall–Kier alpha value is -1.79. The molecule has 0 saturated carbocycles. The van der Waals surface area contributed by atoms with E-state index in [4.69, 9.17) is 32.7 Å². The van der Waals surface area contributed by atoms with Crippen LogP contribution in [-0.4, -0.2) is 7.11 Å². The van der Waals surface area contributed by atoms with Crippen LogP contribution in [0.25, 0.3) is 0 Å². The van der Waals surface area contributed by atoms with E-state index in [1.807, 2.05) is 36.4 Å². The molecular formula is C22H19BrCl2FNO2. The number of methoxy groups -OCH3 is 1. The summed E-state index contributed by atoms with van der Waals surface area (Å²) in [7, 11) is 1.56. The number of rotatable bonds is 8. The first-order chi connectivity index (χ1) is 14.0. The Morgan fingerprint density at radius 2 is 1.76 bits per heavy atom. The molecule has 0 spiro atoms. The Labute approximate surface area is 187 Å². The maximum Gasteiger partial charge on any atom is 0.175 e. The summed E-state index contributed by atoms with van der Waals surface area (Å²) in [6.45, 7) is 1.24. The average molecular weight is 499 g/mol. The van der Waals surface area contributed by atoms with Gasteiger partial charge in [-0.1, -0.05) is 47.5 Å². The summed E-state index contributed by atoms with van der Waals surface area (Å²) in [5.41, 5.74) is 2.33. The molecule has 29 heavy (non-hydrogen) atoms. The minimum atomic E-state index is -0.409. The van der Waals surface area contributed by atoms with Gasteiger partial charge < -0.3 is 14.8 Å². The van der Waals surface area contributed by atoms with Gasteiger partial charge >= 0.3 is 0 Å². The van der Waals surface area contributed by atoms with Gasteiger partial charge in [0.25, 0.3) is 0 Å². The minimum absolute atomic E-state index is 0.00936. The maximum absolute atomic E-state index is 14.0. The normalized spacial score (nSPS) is 10.8. The van der Waals surface area contributed by atoms with Crippen LogP contribution in [-0.2, 0) is 19.7 Å². The van der Waals surface area contributed by atoms with Gasteiger partial charge in [0, 0.05) is 23.7 Å². The molecule has 0 aliphatic heterocycles. The van der Waals surface area contributed by atoms with Gasteiger partial charge in [0.05, 0.1) is 16.6 Å². The molecule has 0 aliphatic rings. The Bertz CT molecular complexity index is 980. The highest BCUT2D eigenvalue weighted by Crippen LogP contribution is 2.37. The standard InChI is InChI=1S/C22H19BrCl2FNO2/c1-28-21-10-14(11-27-12-15-5-2-3-6-18(15)24)9-17(23)22(21)29-13-16-19(25)7-4-8-20(16)26/h2-10,27H,11-13H2,1H3. The van der Waals surface area contributed by atoms with Crippen LogP contribution < -0.4 is 14.8 Å². The molecule has 3 rings (SSSR count). The van der Waals surface area contributed by atoms with E-state index in [0.29, 0.717) is 39.6 Å². The van der Waals surface area contributed by atoms with E-state index in [9.17, 15) is 4.39 Å². The SMILES string of the molecule is COc1cc(CNCc2ccccc2Cl)cc(Br)c1OCc1c(F)cccc1Cl. The van der Waals surface area contributed by atoms with Crippen molar-refractivity contribution in [2.45, 2.75) is 19.7 Å². The number of benzene rings is 3. The Morgan fingerprint density at radius 3 is 2.48 bits per heavy atom. The summed E-state index contributed by atoms with van der Waals surface area (Å²) >= 11 is 15.8. The fraction of sp³-hybridized carbons (Fsp3) is 0.182. The zero-order valence-electron chi connectivity index (χ0n) is 15.6. The lowest BCUT2D eigenvalue weighted by Crippen LogP contribution is -2.13. The van der Waals surface area contributed by atoms with E-state index in [0.717, 1.165) is 16.1 Å². The largest absolute Gasteiger partial charge is 0.493 e. The second-order valence-corrected chi connectivity index (χ2v) is 7.96. The van der Waals surface area contributed by atoms with E-state index in [-0.39, 0.29) is 6.61 Å². The maximum atomic E-state index is 14.0. The quantitative estimate of drug-likeness (QED) is 0.371. The Morgan fingerprint density at radius 1 is 1.00 bits per heavy atom. The molecular weight excluding hydrogens is 480 g/mol. The molecule has 0 bridgehead atoms. The zero-order valence-corrected chi connectivity index (χ0v) is 18.7. The van der Waals surface area contributed by atoms with Crippen LogP contribution in [0.15, 0.2) is 59.1 Å². The molecule has 0 fully saturated rings. The fourth-order valence-corrected chi connectivity index (χ4v) is 3.84. The third kappa shape index (κ3) is 5.64. The molecule has 7 heteroatoms. The van der Waals surface area contributed by atoms with E-state index in [1.165, 1.54) is 6.07 Å². The van der Waals surface area contributed by atoms with Crippen LogP contribution in [0.2, 0.25) is 10.0 Å². The number of nitrogens with one attached hydrogen (secondary N) is 1. The molecule has 3 aromatic carbocycles. The number of hydrogen-bond acceptors (Lipinski definition) is 3. The molecule has 3 aromatic rings. The third-order valence-electron chi connectivity index (χ3n) is 4.31. The monoisotopic (exact) mass is 497 g/mol. The number of hydrogen-bond donors (Lipinski definition) is 1. The van der Waals surface area contributed by atoms with Crippen LogP contribution in [0, 0.1) is 5.82 Å². The highest BCUT2D eigenvalue weighted by molar-refractivity contribution is 9.10. The molecule has 0 heterocycles. The van der Waals surface area contributed by atoms with Gasteiger partial charge in [0.2, 0.25) is 0 Å². The van der Waals surface area contributed by atoms with E-state index in [2.05, 4.69) is 21.2 Å². The summed E-state index contributed by atoms with van der Waals surface area (Å²) in [6.07, 6.45) is 0. The molecule has 0 aliphatic carbocycles. The lowest BCUT2D eigenvalue weighted by atomic mass is 10.1. The lowest BCUT2D eigenvalue weighted by molar-refractivity contribution is 0.277. The molecule has 0 aromatic heterocycles. The molecule has 3 nitrogen and oxygen atoms in total. The smallest absolute Gasteiger partial charge is 0.175 e. The Kier molecular flexibility index (Phi) is 7.78. The predicted molar refractivity (Wildman–Crippen MR) is 118 cm³/mol. The van der Waals surface area contributed by atoms with Crippen molar-refractivity contribution in [1.29, 1.82) is 0 Å². The number of halogens is 4. The van der Waals surface area contributed by atoms with Crippen LogP contribution in [0.3, 0.4) is 0 Å². The molecule has 0 atom stereocenters. The summed E-state index contributed by atoms with van der Waals surface area (Å²) in [6, 6.07) is 16.1.